The highest BCUT2D eigenvalue weighted by Crippen LogP contribution is 2.30. The van der Waals surface area contributed by atoms with Gasteiger partial charge in [0.25, 0.3) is 5.91 Å². The zero-order valence-corrected chi connectivity index (χ0v) is 17.1. The molecule has 0 saturated carbocycles. The lowest BCUT2D eigenvalue weighted by atomic mass is 9.98. The Bertz CT molecular complexity index is 1180. The van der Waals surface area contributed by atoms with Crippen LogP contribution in [0.1, 0.15) is 30.1 Å². The smallest absolute Gasteiger partial charge is 0.253 e. The van der Waals surface area contributed by atoms with Crippen LogP contribution in [-0.4, -0.2) is 34.1 Å². The van der Waals surface area contributed by atoms with Gasteiger partial charge in [0, 0.05) is 29.8 Å². The van der Waals surface area contributed by atoms with E-state index in [2.05, 4.69) is 65.7 Å². The number of hydrogen-bond donors (Lipinski definition) is 1. The second-order valence-electron chi connectivity index (χ2n) is 8.25. The Balaban J connectivity index is 1.38. The van der Waals surface area contributed by atoms with Crippen LogP contribution in [0.15, 0.2) is 72.8 Å². The molecule has 5 rings (SSSR count). The summed E-state index contributed by atoms with van der Waals surface area (Å²) >= 11 is 0. The van der Waals surface area contributed by atoms with Crippen LogP contribution in [0.2, 0.25) is 0 Å². The minimum Gasteiger partial charge on any atom is -0.339 e. The van der Waals surface area contributed by atoms with Gasteiger partial charge in [-0.25, -0.2) is 0 Å². The van der Waals surface area contributed by atoms with Crippen LogP contribution in [0.4, 0.5) is 0 Å². The quantitative estimate of drug-likeness (QED) is 0.479. The van der Waals surface area contributed by atoms with Gasteiger partial charge in [0.15, 0.2) is 0 Å². The van der Waals surface area contributed by atoms with Crippen LogP contribution in [0.25, 0.3) is 33.3 Å². The summed E-state index contributed by atoms with van der Waals surface area (Å²) in [6.07, 6.45) is 2.18. The van der Waals surface area contributed by atoms with Gasteiger partial charge in [0.1, 0.15) is 0 Å². The van der Waals surface area contributed by atoms with E-state index in [9.17, 15) is 4.79 Å². The van der Waals surface area contributed by atoms with Crippen molar-refractivity contribution < 1.29 is 4.79 Å². The second-order valence-corrected chi connectivity index (χ2v) is 8.25. The maximum atomic E-state index is 12.8. The van der Waals surface area contributed by atoms with Crippen LogP contribution in [0.5, 0.6) is 0 Å². The van der Waals surface area contributed by atoms with Crippen molar-refractivity contribution in [2.45, 2.75) is 19.8 Å². The maximum absolute atomic E-state index is 12.8. The van der Waals surface area contributed by atoms with E-state index in [1.54, 1.807) is 0 Å². The molecule has 0 unspecified atom stereocenters. The minimum absolute atomic E-state index is 0.131. The molecule has 4 heteroatoms. The van der Waals surface area contributed by atoms with E-state index in [0.717, 1.165) is 54.0 Å². The van der Waals surface area contributed by atoms with Crippen molar-refractivity contribution in [3.63, 3.8) is 0 Å². The van der Waals surface area contributed by atoms with Gasteiger partial charge in [-0.1, -0.05) is 61.5 Å². The fraction of sp³-hybridized carbons (Fsp3) is 0.231. The number of fused-ring (bicyclic) bond motifs is 1. The summed E-state index contributed by atoms with van der Waals surface area (Å²) in [6, 6.07) is 24.6. The summed E-state index contributed by atoms with van der Waals surface area (Å²) in [5, 5.41) is 10.1. The highest BCUT2D eigenvalue weighted by molar-refractivity contribution is 5.96. The lowest BCUT2D eigenvalue weighted by Crippen LogP contribution is -2.37. The first-order valence-electron chi connectivity index (χ1n) is 10.6. The van der Waals surface area contributed by atoms with Crippen molar-refractivity contribution in [2.24, 2.45) is 5.92 Å². The first-order chi connectivity index (χ1) is 14.7. The third kappa shape index (κ3) is 3.50. The molecule has 1 N–H and O–H groups in total. The average molecular weight is 396 g/mol. The molecule has 4 nitrogen and oxygen atoms in total. The van der Waals surface area contributed by atoms with Crippen molar-refractivity contribution in [1.29, 1.82) is 0 Å². The Morgan fingerprint density at radius 3 is 2.50 bits per heavy atom. The van der Waals surface area contributed by atoms with Crippen LogP contribution in [0.3, 0.4) is 0 Å². The van der Waals surface area contributed by atoms with Crippen LogP contribution in [-0.2, 0) is 0 Å². The number of hydrogen-bond acceptors (Lipinski definition) is 2. The first kappa shape index (κ1) is 18.6. The van der Waals surface area contributed by atoms with E-state index < -0.39 is 0 Å². The number of benzene rings is 3. The monoisotopic (exact) mass is 395 g/mol. The highest BCUT2D eigenvalue weighted by atomic mass is 16.2. The molecule has 0 bridgehead atoms. The van der Waals surface area contributed by atoms with E-state index >= 15 is 0 Å². The highest BCUT2D eigenvalue weighted by Gasteiger charge is 2.21. The third-order valence-corrected chi connectivity index (χ3v) is 6.16. The van der Waals surface area contributed by atoms with Crippen molar-refractivity contribution in [1.82, 2.24) is 15.1 Å². The van der Waals surface area contributed by atoms with Gasteiger partial charge in [0.05, 0.1) is 11.4 Å². The summed E-state index contributed by atoms with van der Waals surface area (Å²) in [7, 11) is 0. The standard InChI is InChI=1S/C26H25N3O/c1-18-13-15-29(16-14-18)26(30)21-11-9-20(10-12-21)24-17-25(28-27-24)23-8-4-6-19-5-2-3-7-22(19)23/h2-12,17-18H,13-16H2,1H3,(H,27,28). The molecule has 1 aromatic heterocycles. The number of piperidine rings is 1. The van der Waals surface area contributed by atoms with Crippen molar-refractivity contribution >= 4 is 16.7 Å². The molecule has 2 heterocycles. The van der Waals surface area contributed by atoms with Gasteiger partial charge in [0.2, 0.25) is 0 Å². The van der Waals surface area contributed by atoms with Crippen molar-refractivity contribution in [3.05, 3.63) is 78.4 Å². The van der Waals surface area contributed by atoms with Crippen LogP contribution in [0, 0.1) is 5.92 Å². The topological polar surface area (TPSA) is 49.0 Å². The molecule has 1 aliphatic rings. The number of aromatic amines is 1. The summed E-state index contributed by atoms with van der Waals surface area (Å²) in [4.78, 5) is 14.7. The number of rotatable bonds is 3. The van der Waals surface area contributed by atoms with Gasteiger partial charge in [-0.3, -0.25) is 9.89 Å². The lowest BCUT2D eigenvalue weighted by molar-refractivity contribution is 0.0697. The zero-order chi connectivity index (χ0) is 20.5. The number of likely N-dealkylation sites (tertiary alicyclic amines) is 1. The second kappa shape index (κ2) is 7.79. The molecule has 0 spiro atoms. The van der Waals surface area contributed by atoms with Crippen molar-refractivity contribution in [2.75, 3.05) is 13.1 Å². The molecule has 1 saturated heterocycles. The Labute approximate surface area is 176 Å². The van der Waals surface area contributed by atoms with E-state index in [-0.39, 0.29) is 5.91 Å². The van der Waals surface area contributed by atoms with Gasteiger partial charge < -0.3 is 4.90 Å². The molecule has 1 fully saturated rings. The summed E-state index contributed by atoms with van der Waals surface area (Å²) in [6.45, 7) is 3.97. The maximum Gasteiger partial charge on any atom is 0.253 e. The van der Waals surface area contributed by atoms with E-state index in [0.29, 0.717) is 5.92 Å². The predicted octanol–water partition coefficient (Wildman–Crippen LogP) is 5.77. The molecule has 0 radical (unpaired) electrons. The fourth-order valence-corrected chi connectivity index (χ4v) is 4.25. The predicted molar refractivity (Wildman–Crippen MR) is 121 cm³/mol. The fourth-order valence-electron chi connectivity index (χ4n) is 4.25. The SMILES string of the molecule is CC1CCN(C(=O)c2ccc(-c3cc(-c4cccc5ccccc45)[nH]n3)cc2)CC1. The number of carbonyl (C=O) groups excluding carboxylic acids is 1. The zero-order valence-electron chi connectivity index (χ0n) is 17.1. The number of amides is 1. The Morgan fingerprint density at radius 1 is 0.967 bits per heavy atom. The van der Waals surface area contributed by atoms with E-state index in [1.807, 2.05) is 29.2 Å². The van der Waals surface area contributed by atoms with Gasteiger partial charge in [-0.2, -0.15) is 5.10 Å². The molecule has 3 aromatic carbocycles. The van der Waals surface area contributed by atoms with Crippen molar-refractivity contribution in [3.8, 4) is 22.5 Å². The number of nitrogens with one attached hydrogen (secondary N) is 1. The number of nitrogens with zero attached hydrogens (tertiary/aromatic N) is 2. The molecule has 4 aromatic rings. The van der Waals surface area contributed by atoms with Gasteiger partial charge >= 0.3 is 0 Å². The molecule has 30 heavy (non-hydrogen) atoms. The molecule has 0 aliphatic carbocycles. The molecule has 150 valence electrons. The summed E-state index contributed by atoms with van der Waals surface area (Å²) < 4.78 is 0. The summed E-state index contributed by atoms with van der Waals surface area (Å²) in [5.74, 6) is 0.846. The molecule has 1 aliphatic heterocycles. The largest absolute Gasteiger partial charge is 0.339 e. The molecule has 0 atom stereocenters. The van der Waals surface area contributed by atoms with Crippen LogP contribution >= 0.6 is 0 Å². The first-order valence-corrected chi connectivity index (χ1v) is 10.6. The Kier molecular flexibility index (Phi) is 4.83. The molecular weight excluding hydrogens is 370 g/mol. The minimum atomic E-state index is 0.131. The normalized spacial score (nSPS) is 14.9. The van der Waals surface area contributed by atoms with Crippen LogP contribution < -0.4 is 0 Å². The molecular formula is C26H25N3O. The Morgan fingerprint density at radius 2 is 1.70 bits per heavy atom. The van der Waals surface area contributed by atoms with E-state index in [1.165, 1.54) is 10.8 Å². The van der Waals surface area contributed by atoms with E-state index in [4.69, 9.17) is 0 Å². The van der Waals surface area contributed by atoms with Gasteiger partial charge in [-0.15, -0.1) is 0 Å². The molecule has 1 amide bonds. The lowest BCUT2D eigenvalue weighted by Gasteiger charge is -2.30. The number of carbonyl (C=O) groups is 1. The number of H-pyrrole nitrogens is 1. The summed E-state index contributed by atoms with van der Waals surface area (Å²) in [5.41, 5.74) is 4.76. The Hall–Kier alpha value is -3.40. The average Bonchev–Trinajstić information content (AvgIpc) is 3.29. The third-order valence-electron chi connectivity index (χ3n) is 6.16. The number of aromatic nitrogens is 2. The van der Waals surface area contributed by atoms with Gasteiger partial charge in [-0.05, 0) is 47.7 Å².